The summed E-state index contributed by atoms with van der Waals surface area (Å²) in [5, 5.41) is 12.0. The second-order valence-corrected chi connectivity index (χ2v) is 2.97. The minimum absolute atomic E-state index is 0. The van der Waals surface area contributed by atoms with Gasteiger partial charge in [0.1, 0.15) is 0 Å². The first-order chi connectivity index (χ1) is 4.33. The van der Waals surface area contributed by atoms with Crippen molar-refractivity contribution in [2.45, 2.75) is 25.8 Å². The zero-order valence-corrected chi connectivity index (χ0v) is 7.16. The van der Waals surface area contributed by atoms with Gasteiger partial charge in [0.05, 0.1) is 6.61 Å². The zero-order chi connectivity index (χ0) is 6.69. The highest BCUT2D eigenvalue weighted by molar-refractivity contribution is 5.85. The standard InChI is InChI=1S/C7H15NO.ClH/c1-6-2-3-7(5-9)8-4-6;/h6-9H,2-5H2,1H3;1H. The molecule has 10 heavy (non-hydrogen) atoms. The highest BCUT2D eigenvalue weighted by atomic mass is 35.5. The Bertz CT molecular complexity index is 81.7. The third kappa shape index (κ3) is 2.86. The lowest BCUT2D eigenvalue weighted by molar-refractivity contribution is 0.203. The normalized spacial score (nSPS) is 33.0. The fourth-order valence-corrected chi connectivity index (χ4v) is 1.21. The van der Waals surface area contributed by atoms with Gasteiger partial charge in [-0.05, 0) is 25.3 Å². The maximum Gasteiger partial charge on any atom is 0.0584 e. The van der Waals surface area contributed by atoms with Gasteiger partial charge in [0, 0.05) is 6.04 Å². The van der Waals surface area contributed by atoms with Crippen LogP contribution >= 0.6 is 12.4 Å². The van der Waals surface area contributed by atoms with Crippen LogP contribution < -0.4 is 5.32 Å². The van der Waals surface area contributed by atoms with Gasteiger partial charge in [-0.25, -0.2) is 0 Å². The summed E-state index contributed by atoms with van der Waals surface area (Å²) in [4.78, 5) is 0. The summed E-state index contributed by atoms with van der Waals surface area (Å²) in [7, 11) is 0. The summed E-state index contributed by atoms with van der Waals surface area (Å²) in [6.45, 7) is 3.61. The largest absolute Gasteiger partial charge is 0.395 e. The highest BCUT2D eigenvalue weighted by Gasteiger charge is 2.15. The number of aliphatic hydroxyl groups is 1. The molecule has 2 nitrogen and oxygen atoms in total. The summed E-state index contributed by atoms with van der Waals surface area (Å²) in [5.41, 5.74) is 0. The molecule has 0 radical (unpaired) electrons. The number of aliphatic hydroxyl groups excluding tert-OH is 1. The molecule has 1 rings (SSSR count). The molecule has 0 aromatic rings. The molecule has 1 saturated heterocycles. The Morgan fingerprint density at radius 2 is 2.20 bits per heavy atom. The van der Waals surface area contributed by atoms with Crippen molar-refractivity contribution in [3.8, 4) is 0 Å². The molecule has 0 aromatic heterocycles. The molecule has 3 heteroatoms. The summed E-state index contributed by atoms with van der Waals surface area (Å²) in [6, 6.07) is 0.376. The topological polar surface area (TPSA) is 32.3 Å². The molecule has 2 atom stereocenters. The van der Waals surface area contributed by atoms with E-state index in [0.29, 0.717) is 12.6 Å². The molecule has 0 amide bonds. The molecule has 0 spiro atoms. The van der Waals surface area contributed by atoms with Gasteiger partial charge in [0.15, 0.2) is 0 Å². The Labute approximate surface area is 68.4 Å². The fraction of sp³-hybridized carbons (Fsp3) is 1.00. The van der Waals surface area contributed by atoms with Crippen molar-refractivity contribution in [1.29, 1.82) is 0 Å². The zero-order valence-electron chi connectivity index (χ0n) is 6.34. The van der Waals surface area contributed by atoms with Crippen molar-refractivity contribution in [1.82, 2.24) is 5.32 Å². The van der Waals surface area contributed by atoms with Crippen molar-refractivity contribution in [2.24, 2.45) is 5.92 Å². The minimum Gasteiger partial charge on any atom is -0.395 e. The maximum absolute atomic E-state index is 8.71. The molecular weight excluding hydrogens is 150 g/mol. The predicted octanol–water partition coefficient (Wildman–Crippen LogP) is 0.789. The molecule has 62 valence electrons. The Morgan fingerprint density at radius 1 is 1.50 bits per heavy atom. The average molecular weight is 166 g/mol. The van der Waals surface area contributed by atoms with E-state index in [1.807, 2.05) is 0 Å². The lowest BCUT2D eigenvalue weighted by Gasteiger charge is -2.25. The van der Waals surface area contributed by atoms with E-state index in [2.05, 4.69) is 12.2 Å². The van der Waals surface area contributed by atoms with Crippen molar-refractivity contribution in [3.05, 3.63) is 0 Å². The fourth-order valence-electron chi connectivity index (χ4n) is 1.21. The lowest BCUT2D eigenvalue weighted by atomic mass is 9.97. The number of halogens is 1. The first-order valence-electron chi connectivity index (χ1n) is 3.67. The van der Waals surface area contributed by atoms with Crippen molar-refractivity contribution >= 4 is 12.4 Å². The smallest absolute Gasteiger partial charge is 0.0584 e. The van der Waals surface area contributed by atoms with Gasteiger partial charge in [-0.1, -0.05) is 6.92 Å². The highest BCUT2D eigenvalue weighted by Crippen LogP contribution is 2.12. The molecule has 1 aliphatic rings. The second kappa shape index (κ2) is 4.94. The predicted molar refractivity (Wildman–Crippen MR) is 44.5 cm³/mol. The summed E-state index contributed by atoms with van der Waals surface area (Å²) < 4.78 is 0. The summed E-state index contributed by atoms with van der Waals surface area (Å²) in [6.07, 6.45) is 2.40. The number of hydrogen-bond donors (Lipinski definition) is 2. The van der Waals surface area contributed by atoms with Crippen LogP contribution in [0.25, 0.3) is 0 Å². The summed E-state index contributed by atoms with van der Waals surface area (Å²) in [5.74, 6) is 0.799. The van der Waals surface area contributed by atoms with Crippen LogP contribution in [0, 0.1) is 5.92 Å². The average Bonchev–Trinajstić information content (AvgIpc) is 1.90. The maximum atomic E-state index is 8.71. The second-order valence-electron chi connectivity index (χ2n) is 2.97. The van der Waals surface area contributed by atoms with E-state index in [9.17, 15) is 0 Å². The molecular formula is C7H16ClNO. The van der Waals surface area contributed by atoms with Crippen molar-refractivity contribution in [3.63, 3.8) is 0 Å². The van der Waals surface area contributed by atoms with Gasteiger partial charge in [0.25, 0.3) is 0 Å². The number of piperidine rings is 1. The van der Waals surface area contributed by atoms with Crippen LogP contribution in [0.3, 0.4) is 0 Å². The van der Waals surface area contributed by atoms with E-state index >= 15 is 0 Å². The van der Waals surface area contributed by atoms with E-state index < -0.39 is 0 Å². The monoisotopic (exact) mass is 165 g/mol. The molecule has 0 aromatic carbocycles. The Hall–Kier alpha value is 0.210. The van der Waals surface area contributed by atoms with Gasteiger partial charge >= 0.3 is 0 Å². The number of nitrogens with one attached hydrogen (secondary N) is 1. The number of rotatable bonds is 1. The van der Waals surface area contributed by atoms with Gasteiger partial charge in [-0.15, -0.1) is 12.4 Å². The van der Waals surface area contributed by atoms with Gasteiger partial charge in [-0.3, -0.25) is 0 Å². The van der Waals surface area contributed by atoms with E-state index in [1.165, 1.54) is 6.42 Å². The third-order valence-electron chi connectivity index (χ3n) is 1.98. The van der Waals surface area contributed by atoms with Crippen LogP contribution in [0.4, 0.5) is 0 Å². The molecule has 1 fully saturated rings. The Morgan fingerprint density at radius 3 is 2.60 bits per heavy atom. The molecule has 2 N–H and O–H groups in total. The molecule has 0 saturated carbocycles. The van der Waals surface area contributed by atoms with E-state index in [4.69, 9.17) is 5.11 Å². The summed E-state index contributed by atoms with van der Waals surface area (Å²) >= 11 is 0. The number of hydrogen-bond acceptors (Lipinski definition) is 2. The molecule has 1 heterocycles. The SMILES string of the molecule is CC1CCC(CO)NC1.Cl. The first-order valence-corrected chi connectivity index (χ1v) is 3.67. The van der Waals surface area contributed by atoms with Crippen LogP contribution in [-0.2, 0) is 0 Å². The lowest BCUT2D eigenvalue weighted by Crippen LogP contribution is -2.40. The van der Waals surface area contributed by atoms with E-state index in [-0.39, 0.29) is 12.4 Å². The van der Waals surface area contributed by atoms with Crippen LogP contribution in [0.1, 0.15) is 19.8 Å². The van der Waals surface area contributed by atoms with Gasteiger partial charge in [-0.2, -0.15) is 0 Å². The van der Waals surface area contributed by atoms with Crippen molar-refractivity contribution in [2.75, 3.05) is 13.2 Å². The molecule has 0 aliphatic carbocycles. The van der Waals surface area contributed by atoms with Crippen LogP contribution in [0.2, 0.25) is 0 Å². The first kappa shape index (κ1) is 10.2. The van der Waals surface area contributed by atoms with E-state index in [0.717, 1.165) is 18.9 Å². The van der Waals surface area contributed by atoms with Crippen LogP contribution in [0.15, 0.2) is 0 Å². The van der Waals surface area contributed by atoms with Crippen LogP contribution in [-0.4, -0.2) is 24.3 Å². The van der Waals surface area contributed by atoms with Crippen molar-refractivity contribution < 1.29 is 5.11 Å². The van der Waals surface area contributed by atoms with Gasteiger partial charge in [0.2, 0.25) is 0 Å². The quantitative estimate of drug-likeness (QED) is 0.602. The van der Waals surface area contributed by atoms with Crippen LogP contribution in [0.5, 0.6) is 0 Å². The minimum atomic E-state index is 0. The molecule has 0 bridgehead atoms. The van der Waals surface area contributed by atoms with Gasteiger partial charge < -0.3 is 10.4 Å². The Balaban J connectivity index is 0.000000810. The third-order valence-corrected chi connectivity index (χ3v) is 1.98. The van der Waals surface area contributed by atoms with E-state index in [1.54, 1.807) is 0 Å². The molecule has 1 aliphatic heterocycles. The Kier molecular flexibility index (Phi) is 5.04. The molecule has 2 unspecified atom stereocenters.